The monoisotopic (exact) mass is 475 g/mol. The lowest BCUT2D eigenvalue weighted by atomic mass is 10.1. The number of alkyl halides is 5. The molecule has 0 spiro atoms. The van der Waals surface area contributed by atoms with Crippen LogP contribution in [0.3, 0.4) is 0 Å². The third-order valence-corrected chi connectivity index (χ3v) is 4.83. The lowest BCUT2D eigenvalue weighted by Gasteiger charge is -2.20. The summed E-state index contributed by atoms with van der Waals surface area (Å²) >= 11 is 0. The molecule has 1 saturated heterocycles. The number of pyridine rings is 1. The minimum Gasteiger partial charge on any atom is -0.478 e. The second-order valence-electron chi connectivity index (χ2n) is 7.32. The molecule has 0 unspecified atom stereocenters. The molecule has 3 rings (SSSR count). The number of likely N-dealkylation sites (tertiary alicyclic amines) is 1. The van der Waals surface area contributed by atoms with Gasteiger partial charge < -0.3 is 25.2 Å². The molecule has 178 valence electrons. The van der Waals surface area contributed by atoms with Crippen LogP contribution in [-0.2, 0) is 11.2 Å². The number of benzene rings is 1. The number of carboxylic acid groups (broad SMARTS) is 1. The number of hydrogen-bond acceptors (Lipinski definition) is 6. The summed E-state index contributed by atoms with van der Waals surface area (Å²) < 4.78 is 74.7. The van der Waals surface area contributed by atoms with Crippen molar-refractivity contribution in [3.8, 4) is 11.5 Å². The number of nitrogen functional groups attached to an aromatic ring is 1. The number of rotatable bonds is 6. The number of halogens is 5. The van der Waals surface area contributed by atoms with Crippen molar-refractivity contribution in [2.75, 3.05) is 18.8 Å². The molecular weight excluding hydrogens is 457 g/mol. The number of carbonyl (C=O) groups excluding carboxylic acids is 1. The fourth-order valence-corrected chi connectivity index (χ4v) is 3.23. The summed E-state index contributed by atoms with van der Waals surface area (Å²) in [6, 6.07) is 5.44. The minimum absolute atomic E-state index is 0.0778. The van der Waals surface area contributed by atoms with E-state index in [1.54, 1.807) is 0 Å². The Hall–Kier alpha value is -3.64. The lowest BCUT2D eigenvalue weighted by molar-refractivity contribution is -0.274. The molecule has 2 heterocycles. The van der Waals surface area contributed by atoms with Crippen LogP contribution in [0, 0.1) is 6.92 Å². The average molecular weight is 475 g/mol. The van der Waals surface area contributed by atoms with Crippen molar-refractivity contribution in [1.29, 1.82) is 0 Å². The number of hydrogen-bond donors (Lipinski definition) is 2. The van der Waals surface area contributed by atoms with Gasteiger partial charge in [0.05, 0.1) is 30.8 Å². The summed E-state index contributed by atoms with van der Waals surface area (Å²) in [6.45, 7) is -0.0937. The van der Waals surface area contributed by atoms with E-state index in [2.05, 4.69) is 9.72 Å². The van der Waals surface area contributed by atoms with E-state index in [0.717, 1.165) is 23.1 Å². The van der Waals surface area contributed by atoms with Gasteiger partial charge in [-0.05, 0) is 24.6 Å². The van der Waals surface area contributed by atoms with E-state index in [9.17, 15) is 36.6 Å². The molecule has 13 heteroatoms. The predicted octanol–water partition coefficient (Wildman–Crippen LogP) is 3.04. The van der Waals surface area contributed by atoms with Crippen molar-refractivity contribution in [3.05, 3.63) is 47.2 Å². The Morgan fingerprint density at radius 3 is 2.48 bits per heavy atom. The normalized spacial score (nSPS) is 17.6. The van der Waals surface area contributed by atoms with Gasteiger partial charge in [0, 0.05) is 6.07 Å². The van der Waals surface area contributed by atoms with Crippen LogP contribution in [0.2, 0.25) is 0 Å². The number of carboxylic acids is 1. The number of aromatic nitrogens is 1. The first-order chi connectivity index (χ1) is 15.2. The molecule has 0 saturated carbocycles. The Bertz CT molecular complexity index is 1060. The number of carbonyl (C=O) groups is 2. The zero-order valence-corrected chi connectivity index (χ0v) is 17.0. The van der Waals surface area contributed by atoms with Gasteiger partial charge in [-0.2, -0.15) is 0 Å². The molecule has 1 atom stereocenters. The van der Waals surface area contributed by atoms with Gasteiger partial charge in [-0.25, -0.2) is 18.6 Å². The molecule has 3 N–H and O–H groups in total. The summed E-state index contributed by atoms with van der Waals surface area (Å²) in [5, 5.41) is 9.17. The Morgan fingerprint density at radius 1 is 1.27 bits per heavy atom. The molecule has 33 heavy (non-hydrogen) atoms. The predicted molar refractivity (Wildman–Crippen MR) is 103 cm³/mol. The zero-order valence-electron chi connectivity index (χ0n) is 17.0. The molecule has 0 bridgehead atoms. The lowest BCUT2D eigenvalue weighted by Crippen LogP contribution is -2.36. The van der Waals surface area contributed by atoms with E-state index < -0.39 is 49.1 Å². The highest BCUT2D eigenvalue weighted by Gasteiger charge is 2.51. The number of aryl methyl sites for hydroxylation is 1. The number of nitrogens with zero attached hydrogens (tertiary/aromatic N) is 2. The van der Waals surface area contributed by atoms with Crippen molar-refractivity contribution in [1.82, 2.24) is 9.88 Å². The zero-order chi connectivity index (χ0) is 24.6. The molecule has 1 fully saturated rings. The van der Waals surface area contributed by atoms with Crippen LogP contribution >= 0.6 is 0 Å². The second-order valence-corrected chi connectivity index (χ2v) is 7.32. The molecule has 1 amide bonds. The summed E-state index contributed by atoms with van der Waals surface area (Å²) in [4.78, 5) is 28.4. The SMILES string of the molecule is Cc1nc(N)c(O[C@H]2CN(C(=O)Cc3ccc(OC(F)(F)F)cc3)CC2(F)F)cc1C(=O)O. The van der Waals surface area contributed by atoms with Crippen molar-refractivity contribution < 1.29 is 46.1 Å². The highest BCUT2D eigenvalue weighted by Crippen LogP contribution is 2.34. The van der Waals surface area contributed by atoms with Gasteiger partial charge in [-0.3, -0.25) is 4.79 Å². The standard InChI is InChI=1S/C20H18F5N3O5/c1-10-13(18(30)31)7-14(17(26)27-10)32-15-8-28(9-19(15,21)22)16(29)6-11-2-4-12(5-3-11)33-20(23,24)25/h2-5,7,15H,6,8-9H2,1H3,(H2,26,27)(H,30,31)/t15-/m0/s1. The van der Waals surface area contributed by atoms with Gasteiger partial charge in [0.25, 0.3) is 0 Å². The van der Waals surface area contributed by atoms with E-state index in [1.165, 1.54) is 19.1 Å². The first kappa shape index (κ1) is 24.0. The Morgan fingerprint density at radius 2 is 1.91 bits per heavy atom. The highest BCUT2D eigenvalue weighted by atomic mass is 19.4. The number of nitrogens with two attached hydrogens (primary N) is 1. The smallest absolute Gasteiger partial charge is 0.478 e. The van der Waals surface area contributed by atoms with Crippen LogP contribution in [0.5, 0.6) is 11.5 Å². The van der Waals surface area contributed by atoms with Gasteiger partial charge in [0.15, 0.2) is 17.7 Å². The summed E-state index contributed by atoms with van der Waals surface area (Å²) in [5.74, 6) is -6.62. The van der Waals surface area contributed by atoms with E-state index in [-0.39, 0.29) is 29.2 Å². The maximum absolute atomic E-state index is 14.5. The fraction of sp³-hybridized carbons (Fsp3) is 0.350. The van der Waals surface area contributed by atoms with Gasteiger partial charge >= 0.3 is 18.3 Å². The third-order valence-electron chi connectivity index (χ3n) is 4.83. The molecule has 1 aliphatic rings. The van der Waals surface area contributed by atoms with Crippen LogP contribution in [0.15, 0.2) is 30.3 Å². The maximum Gasteiger partial charge on any atom is 0.573 e. The summed E-state index contributed by atoms with van der Waals surface area (Å²) in [7, 11) is 0. The first-order valence-corrected chi connectivity index (χ1v) is 9.42. The van der Waals surface area contributed by atoms with Crippen molar-refractivity contribution in [3.63, 3.8) is 0 Å². The second kappa shape index (κ2) is 8.71. The van der Waals surface area contributed by atoms with Crippen molar-refractivity contribution >= 4 is 17.7 Å². The molecule has 0 radical (unpaired) electrons. The van der Waals surface area contributed by atoms with Crippen molar-refractivity contribution in [2.24, 2.45) is 0 Å². The number of aromatic carboxylic acids is 1. The molecule has 1 aromatic heterocycles. The van der Waals surface area contributed by atoms with E-state index >= 15 is 0 Å². The third kappa shape index (κ3) is 5.79. The summed E-state index contributed by atoms with van der Waals surface area (Å²) in [6.07, 6.45) is -7.01. The molecular formula is C20H18F5N3O5. The molecule has 2 aromatic rings. The number of amides is 1. The largest absolute Gasteiger partial charge is 0.573 e. The molecule has 8 nitrogen and oxygen atoms in total. The summed E-state index contributed by atoms with van der Waals surface area (Å²) in [5.41, 5.74) is 5.77. The topological polar surface area (TPSA) is 115 Å². The minimum atomic E-state index is -4.87. The Kier molecular flexibility index (Phi) is 6.34. The average Bonchev–Trinajstić information content (AvgIpc) is 2.98. The Labute approximate surface area is 183 Å². The van der Waals surface area contributed by atoms with E-state index in [1.807, 2.05) is 0 Å². The van der Waals surface area contributed by atoms with Gasteiger partial charge in [0.1, 0.15) is 5.75 Å². The maximum atomic E-state index is 14.5. The molecule has 0 aliphatic carbocycles. The van der Waals surface area contributed by atoms with Gasteiger partial charge in [0.2, 0.25) is 5.91 Å². The Balaban J connectivity index is 1.68. The quantitative estimate of drug-likeness (QED) is 0.618. The van der Waals surface area contributed by atoms with Gasteiger partial charge in [-0.1, -0.05) is 12.1 Å². The number of anilines is 1. The van der Waals surface area contributed by atoms with E-state index in [0.29, 0.717) is 5.56 Å². The van der Waals surface area contributed by atoms with Crippen molar-refractivity contribution in [2.45, 2.75) is 31.7 Å². The van der Waals surface area contributed by atoms with Crippen LogP contribution in [-0.4, -0.2) is 58.3 Å². The van der Waals surface area contributed by atoms with E-state index in [4.69, 9.17) is 10.5 Å². The van der Waals surface area contributed by atoms with Gasteiger partial charge in [-0.15, -0.1) is 13.2 Å². The highest BCUT2D eigenvalue weighted by molar-refractivity contribution is 5.89. The first-order valence-electron chi connectivity index (χ1n) is 9.42. The van der Waals surface area contributed by atoms with Crippen LogP contribution in [0.4, 0.5) is 27.8 Å². The molecule has 1 aromatic carbocycles. The fourth-order valence-electron chi connectivity index (χ4n) is 3.23. The van der Waals surface area contributed by atoms with Crippen LogP contribution < -0.4 is 15.2 Å². The number of ether oxygens (including phenoxy) is 2. The van der Waals surface area contributed by atoms with Crippen LogP contribution in [0.1, 0.15) is 21.6 Å². The van der Waals surface area contributed by atoms with Crippen LogP contribution in [0.25, 0.3) is 0 Å². The molecule has 1 aliphatic heterocycles.